The summed E-state index contributed by atoms with van der Waals surface area (Å²) in [6, 6.07) is 66.0. The first-order valence-corrected chi connectivity index (χ1v) is 28.3. The quantitative estimate of drug-likeness (QED) is 0.112. The Morgan fingerprint density at radius 1 is 0.639 bits per heavy atom. The number of furan rings is 1. The van der Waals surface area contributed by atoms with Gasteiger partial charge in [-0.15, -0.1) is 18.2 Å². The van der Waals surface area contributed by atoms with Gasteiger partial charge in [0.1, 0.15) is 5.58 Å². The molecule has 1 aliphatic rings. The summed E-state index contributed by atoms with van der Waals surface area (Å²) in [5.74, 6) is 7.91. The van der Waals surface area contributed by atoms with E-state index in [0.29, 0.717) is 5.92 Å². The summed E-state index contributed by atoms with van der Waals surface area (Å²) in [7, 11) is 0. The Bertz CT molecular complexity index is 2970. The zero-order valence-electron chi connectivity index (χ0n) is 35.2. The van der Waals surface area contributed by atoms with Crippen LogP contribution in [0.2, 0.25) is 17.3 Å². The van der Waals surface area contributed by atoms with E-state index in [1.807, 2.05) is 36.4 Å². The van der Waals surface area contributed by atoms with Crippen LogP contribution in [0, 0.1) is 18.1 Å². The second kappa shape index (κ2) is 18.1. The van der Waals surface area contributed by atoms with Crippen LogP contribution >= 0.6 is 0 Å². The van der Waals surface area contributed by atoms with Gasteiger partial charge in [0.05, 0.1) is 11.3 Å². The SMILES string of the molecule is CC(C)Cc1cc(-c2[c-]cccc2)nc[c]1[Ge]([CH3])([CH3])[CH3].[Ir].[c-]1ccc2c(oc3ccccc32)c1C1=Nc2ccccc2C1c1cc(-c2ccccc2)ccc1-c1ccccc1. The number of hydrogen-bond acceptors (Lipinski definition) is 3. The van der Waals surface area contributed by atoms with E-state index < -0.39 is 13.3 Å². The van der Waals surface area contributed by atoms with Crippen LogP contribution < -0.4 is 4.40 Å². The number of benzene rings is 7. The third-order valence-corrected chi connectivity index (χ3v) is 15.7. The Morgan fingerprint density at radius 2 is 1.34 bits per heavy atom. The average molecular weight is 1030 g/mol. The molecule has 1 aliphatic heterocycles. The third kappa shape index (κ3) is 8.77. The van der Waals surface area contributed by atoms with Gasteiger partial charge in [0, 0.05) is 31.4 Å². The number of para-hydroxylation sites is 2. The van der Waals surface area contributed by atoms with Crippen LogP contribution in [0.25, 0.3) is 55.4 Å². The molecular weight excluding hydrogens is 981 g/mol. The molecule has 7 aromatic carbocycles. The minimum Gasteiger partial charge on any atom is -0.501 e. The Labute approximate surface area is 376 Å². The number of rotatable bonds is 8. The van der Waals surface area contributed by atoms with Gasteiger partial charge in [-0.1, -0.05) is 126 Å². The molecule has 1 radical (unpaired) electrons. The first-order chi connectivity index (χ1) is 29.2. The largest absolute Gasteiger partial charge is 0.501 e. The van der Waals surface area contributed by atoms with Crippen molar-refractivity contribution in [3.05, 3.63) is 210 Å². The zero-order valence-corrected chi connectivity index (χ0v) is 39.7. The Balaban J connectivity index is 0.000000208. The van der Waals surface area contributed by atoms with Gasteiger partial charge in [-0.2, -0.15) is 0 Å². The molecule has 303 valence electrons. The number of pyridine rings is 1. The Morgan fingerprint density at radius 3 is 2.08 bits per heavy atom. The third-order valence-electron chi connectivity index (χ3n) is 11.3. The number of nitrogens with zero attached hydrogens (tertiary/aromatic N) is 2. The second-order valence-corrected chi connectivity index (χ2v) is 27.6. The Hall–Kier alpha value is -5.65. The van der Waals surface area contributed by atoms with Gasteiger partial charge >= 0.3 is 126 Å². The fourth-order valence-corrected chi connectivity index (χ4v) is 11.9. The average Bonchev–Trinajstić information content (AvgIpc) is 3.86. The van der Waals surface area contributed by atoms with E-state index in [1.165, 1.54) is 38.9 Å². The van der Waals surface area contributed by atoms with Gasteiger partial charge in [0.15, 0.2) is 0 Å². The van der Waals surface area contributed by atoms with Gasteiger partial charge in [0.25, 0.3) is 0 Å². The molecule has 1 unspecified atom stereocenters. The van der Waals surface area contributed by atoms with E-state index in [4.69, 9.17) is 14.4 Å². The van der Waals surface area contributed by atoms with Gasteiger partial charge in [0.2, 0.25) is 0 Å². The number of hydrogen-bond donors (Lipinski definition) is 0. The fraction of sp³-hybridized carbons (Fsp3) is 0.143. The predicted molar refractivity (Wildman–Crippen MR) is 254 cm³/mol. The molecule has 9 aromatic rings. The van der Waals surface area contributed by atoms with Crippen molar-refractivity contribution in [1.82, 2.24) is 4.98 Å². The van der Waals surface area contributed by atoms with Crippen molar-refractivity contribution in [2.75, 3.05) is 0 Å². The van der Waals surface area contributed by atoms with Crippen molar-refractivity contribution >= 4 is 51.0 Å². The maximum atomic E-state index is 6.47. The normalized spacial score (nSPS) is 13.3. The van der Waals surface area contributed by atoms with Gasteiger partial charge in [-0.25, -0.2) is 0 Å². The van der Waals surface area contributed by atoms with Crippen LogP contribution in [0.5, 0.6) is 0 Å². The second-order valence-electron chi connectivity index (χ2n) is 17.1. The molecule has 0 fully saturated rings. The fourth-order valence-electron chi connectivity index (χ4n) is 8.54. The number of fused-ring (bicyclic) bond motifs is 4. The van der Waals surface area contributed by atoms with E-state index >= 15 is 0 Å². The van der Waals surface area contributed by atoms with Crippen LogP contribution in [0.1, 0.15) is 42.0 Å². The molecule has 0 saturated heterocycles. The summed E-state index contributed by atoms with van der Waals surface area (Å²) in [6.45, 7) is 4.57. The van der Waals surface area contributed by atoms with Crippen molar-refractivity contribution in [3.63, 3.8) is 0 Å². The zero-order chi connectivity index (χ0) is 41.2. The van der Waals surface area contributed by atoms with Crippen molar-refractivity contribution in [3.8, 4) is 33.5 Å². The van der Waals surface area contributed by atoms with E-state index in [2.05, 4.69) is 183 Å². The minimum atomic E-state index is -1.86. The van der Waals surface area contributed by atoms with E-state index in [-0.39, 0.29) is 26.0 Å². The van der Waals surface area contributed by atoms with Gasteiger partial charge in [-0.05, 0) is 51.2 Å². The molecule has 0 N–H and O–H groups in total. The molecule has 10 rings (SSSR count). The molecule has 0 spiro atoms. The first kappa shape index (κ1) is 42.1. The van der Waals surface area contributed by atoms with Crippen LogP contribution in [-0.2, 0) is 26.5 Å². The molecule has 0 amide bonds. The van der Waals surface area contributed by atoms with Crippen molar-refractivity contribution < 1.29 is 24.5 Å². The monoisotopic (exact) mass is 1030 g/mol. The summed E-state index contributed by atoms with van der Waals surface area (Å²) < 4.78 is 8.02. The minimum absolute atomic E-state index is 0. The van der Waals surface area contributed by atoms with E-state index in [1.54, 1.807) is 4.40 Å². The van der Waals surface area contributed by atoms with Crippen LogP contribution in [0.3, 0.4) is 0 Å². The smallest absolute Gasteiger partial charge is 0.120 e. The Kier molecular flexibility index (Phi) is 12.5. The van der Waals surface area contributed by atoms with Crippen LogP contribution in [0.15, 0.2) is 185 Å². The van der Waals surface area contributed by atoms with Crippen LogP contribution in [0.4, 0.5) is 5.69 Å². The summed E-state index contributed by atoms with van der Waals surface area (Å²) in [5.41, 5.74) is 15.4. The topological polar surface area (TPSA) is 38.4 Å². The molecule has 0 bridgehead atoms. The number of aromatic nitrogens is 1. The molecule has 5 heteroatoms. The van der Waals surface area contributed by atoms with Crippen molar-refractivity contribution in [1.29, 1.82) is 0 Å². The molecule has 3 nitrogen and oxygen atoms in total. The van der Waals surface area contributed by atoms with Gasteiger partial charge in [-0.3, -0.25) is 4.99 Å². The standard InChI is InChI=1S/C38H24NO.C18H24GeN.Ir/c1-3-12-25(13-4-1)27-22-23-28(26-14-5-2-6-15-26)33(24-27)36-31-17-7-9-20-34(31)39-37(36)32-19-11-18-30-29-16-8-10-21-35(29)40-38(30)32;1-14(2)11-16-12-18(15-9-7-6-8-10-15)20-13-17(16)19(3,4)5;/h1-18,20-24,36H;6-9,12-14H,11H2,1-5H3;/q2*-1;. The first-order valence-electron chi connectivity index (χ1n) is 20.9. The molecule has 3 heterocycles. The number of aliphatic imine (C=N–C) groups is 1. The van der Waals surface area contributed by atoms with Crippen molar-refractivity contribution in [2.45, 2.75) is 43.5 Å². The molecular formula is C56H48GeIrN2O-2. The molecule has 0 aliphatic carbocycles. The molecule has 1 atom stereocenters. The predicted octanol–water partition coefficient (Wildman–Crippen LogP) is 14.3. The summed E-state index contributed by atoms with van der Waals surface area (Å²) in [5, 5.41) is 2.19. The molecule has 0 saturated carbocycles. The summed E-state index contributed by atoms with van der Waals surface area (Å²) >= 11 is -1.86. The molecule has 2 aromatic heterocycles. The maximum Gasteiger partial charge on any atom is 0.120 e. The van der Waals surface area contributed by atoms with Gasteiger partial charge < -0.3 is 4.42 Å². The van der Waals surface area contributed by atoms with E-state index in [9.17, 15) is 0 Å². The van der Waals surface area contributed by atoms with E-state index in [0.717, 1.165) is 56.6 Å². The van der Waals surface area contributed by atoms with Crippen molar-refractivity contribution in [2.24, 2.45) is 10.9 Å². The molecule has 61 heavy (non-hydrogen) atoms. The maximum absolute atomic E-state index is 6.47. The van der Waals surface area contributed by atoms with Crippen LogP contribution in [-0.4, -0.2) is 24.0 Å². The summed E-state index contributed by atoms with van der Waals surface area (Å²) in [4.78, 5) is 9.96. The summed E-state index contributed by atoms with van der Waals surface area (Å²) in [6.07, 6.45) is 3.27.